The number of nitrogens with zero attached hydrogens (tertiary/aromatic N) is 2. The van der Waals surface area contributed by atoms with Gasteiger partial charge < -0.3 is 15.2 Å². The number of alkyl halides is 4. The van der Waals surface area contributed by atoms with E-state index in [1.165, 1.54) is 31.3 Å². The standard InChI is InChI=1S/C21H19ClF3N3O4/c1-11(12-6-8-13(9-7-12)20(30)31)26-18(29)16-17(21(23,24)25)27-28(2)19(16)32-15-5-3-4-14(22)10-15/h3-9,11,14H,10H2,1-2H3,(H,26,29)(H,30,31)/t11-,14?/m0/s1. The molecule has 7 nitrogen and oxygen atoms in total. The number of halogens is 4. The number of amides is 1. The maximum absolute atomic E-state index is 13.6. The van der Waals surface area contributed by atoms with Crippen molar-refractivity contribution < 1.29 is 32.6 Å². The zero-order valence-electron chi connectivity index (χ0n) is 17.0. The van der Waals surface area contributed by atoms with Crippen molar-refractivity contribution in [2.45, 2.75) is 30.9 Å². The number of ether oxygens (including phenoxy) is 1. The first-order valence-corrected chi connectivity index (χ1v) is 9.88. The average molecular weight is 470 g/mol. The van der Waals surface area contributed by atoms with Gasteiger partial charge in [0.1, 0.15) is 11.3 Å². The molecule has 1 aromatic carbocycles. The van der Waals surface area contributed by atoms with E-state index in [9.17, 15) is 22.8 Å². The van der Waals surface area contributed by atoms with Gasteiger partial charge in [0, 0.05) is 13.5 Å². The second-order valence-corrected chi connectivity index (χ2v) is 7.67. The Balaban J connectivity index is 1.92. The summed E-state index contributed by atoms with van der Waals surface area (Å²) in [5, 5.41) is 14.5. The highest BCUT2D eigenvalue weighted by atomic mass is 35.5. The van der Waals surface area contributed by atoms with Crippen LogP contribution in [0.5, 0.6) is 5.88 Å². The maximum Gasteiger partial charge on any atom is 0.436 e. The number of carbonyl (C=O) groups excluding carboxylic acids is 1. The Morgan fingerprint density at radius 3 is 2.53 bits per heavy atom. The average Bonchev–Trinajstić information content (AvgIpc) is 3.04. The fraction of sp³-hybridized carbons (Fsp3) is 0.286. The van der Waals surface area contributed by atoms with E-state index < -0.39 is 40.7 Å². The highest BCUT2D eigenvalue weighted by molar-refractivity contribution is 6.22. The third-order valence-corrected chi connectivity index (χ3v) is 5.02. The molecule has 170 valence electrons. The molecule has 11 heteroatoms. The molecule has 0 saturated heterocycles. The third-order valence-electron chi connectivity index (χ3n) is 4.72. The maximum atomic E-state index is 13.6. The van der Waals surface area contributed by atoms with Gasteiger partial charge in [-0.25, -0.2) is 9.48 Å². The van der Waals surface area contributed by atoms with Crippen molar-refractivity contribution in [3.05, 3.63) is 70.6 Å². The number of carboxylic acid groups (broad SMARTS) is 1. The molecule has 2 atom stereocenters. The topological polar surface area (TPSA) is 93.5 Å². The molecule has 1 amide bonds. The van der Waals surface area contributed by atoms with Crippen LogP contribution in [0.25, 0.3) is 0 Å². The van der Waals surface area contributed by atoms with E-state index in [0.717, 1.165) is 4.68 Å². The summed E-state index contributed by atoms with van der Waals surface area (Å²) in [6, 6.07) is 4.90. The quantitative estimate of drug-likeness (QED) is 0.609. The van der Waals surface area contributed by atoms with Crippen molar-refractivity contribution in [3.63, 3.8) is 0 Å². The molecule has 0 aliphatic heterocycles. The summed E-state index contributed by atoms with van der Waals surface area (Å²) in [5.41, 5.74) is -1.58. The molecule has 0 radical (unpaired) electrons. The van der Waals surface area contributed by atoms with Gasteiger partial charge >= 0.3 is 12.1 Å². The Labute approximate surface area is 186 Å². The molecule has 0 saturated carbocycles. The van der Waals surface area contributed by atoms with Crippen LogP contribution in [0.15, 0.2) is 48.3 Å². The lowest BCUT2D eigenvalue weighted by atomic mass is 10.1. The molecule has 1 aromatic heterocycles. The first kappa shape index (κ1) is 23.4. The number of aryl methyl sites for hydroxylation is 1. The number of rotatable bonds is 6. The van der Waals surface area contributed by atoms with Gasteiger partial charge in [-0.05, 0) is 30.7 Å². The fourth-order valence-corrected chi connectivity index (χ4v) is 3.34. The predicted octanol–water partition coefficient (Wildman–Crippen LogP) is 4.46. The zero-order valence-corrected chi connectivity index (χ0v) is 17.7. The number of carbonyl (C=O) groups is 2. The van der Waals surface area contributed by atoms with Crippen LogP contribution in [0.3, 0.4) is 0 Å². The van der Waals surface area contributed by atoms with Crippen LogP contribution in [0.1, 0.15) is 51.4 Å². The second-order valence-electron chi connectivity index (χ2n) is 7.11. The summed E-state index contributed by atoms with van der Waals surface area (Å²) < 4.78 is 47.3. The van der Waals surface area contributed by atoms with Gasteiger partial charge in [0.15, 0.2) is 5.69 Å². The minimum atomic E-state index is -4.89. The Morgan fingerprint density at radius 2 is 1.97 bits per heavy atom. The van der Waals surface area contributed by atoms with Gasteiger partial charge in [-0.3, -0.25) is 4.79 Å². The first-order chi connectivity index (χ1) is 15.0. The number of nitrogens with one attached hydrogen (secondary N) is 1. The van der Waals surface area contributed by atoms with Gasteiger partial charge in [0.25, 0.3) is 5.91 Å². The number of carboxylic acids is 1. The van der Waals surface area contributed by atoms with E-state index in [4.69, 9.17) is 21.4 Å². The summed E-state index contributed by atoms with van der Waals surface area (Å²) in [4.78, 5) is 23.9. The van der Waals surface area contributed by atoms with Crippen LogP contribution in [-0.4, -0.2) is 32.1 Å². The number of benzene rings is 1. The summed E-state index contributed by atoms with van der Waals surface area (Å²) >= 11 is 6.04. The Morgan fingerprint density at radius 1 is 1.31 bits per heavy atom. The zero-order chi connectivity index (χ0) is 23.6. The van der Waals surface area contributed by atoms with Gasteiger partial charge in [-0.15, -0.1) is 11.6 Å². The van der Waals surface area contributed by atoms with E-state index >= 15 is 0 Å². The molecule has 0 fully saturated rings. The van der Waals surface area contributed by atoms with Gasteiger partial charge in [-0.1, -0.05) is 24.3 Å². The normalized spacial score (nSPS) is 16.9. The van der Waals surface area contributed by atoms with Crippen LogP contribution >= 0.6 is 11.6 Å². The van der Waals surface area contributed by atoms with Crippen LogP contribution in [-0.2, 0) is 13.2 Å². The molecular weight excluding hydrogens is 451 g/mol. The molecule has 32 heavy (non-hydrogen) atoms. The third kappa shape index (κ3) is 5.13. The summed E-state index contributed by atoms with van der Waals surface area (Å²) in [5.74, 6) is -2.24. The van der Waals surface area contributed by atoms with Crippen LogP contribution < -0.4 is 10.1 Å². The van der Waals surface area contributed by atoms with Crippen LogP contribution in [0.4, 0.5) is 13.2 Å². The molecule has 2 aromatic rings. The van der Waals surface area contributed by atoms with Crippen LogP contribution in [0.2, 0.25) is 0 Å². The smallest absolute Gasteiger partial charge is 0.436 e. The molecule has 1 unspecified atom stereocenters. The van der Waals surface area contributed by atoms with Gasteiger partial charge in [-0.2, -0.15) is 18.3 Å². The molecule has 1 aliphatic carbocycles. The van der Waals surface area contributed by atoms with E-state index in [1.54, 1.807) is 25.2 Å². The number of aromatic carboxylic acids is 1. The lowest BCUT2D eigenvalue weighted by Crippen LogP contribution is -2.29. The molecule has 0 bridgehead atoms. The molecule has 0 spiro atoms. The highest BCUT2D eigenvalue weighted by Gasteiger charge is 2.42. The van der Waals surface area contributed by atoms with E-state index in [-0.39, 0.29) is 23.6 Å². The Kier molecular flexibility index (Phi) is 6.63. The number of allylic oxidation sites excluding steroid dienone is 4. The van der Waals surface area contributed by atoms with E-state index in [2.05, 4.69) is 10.4 Å². The number of aromatic nitrogens is 2. The second kappa shape index (κ2) is 9.07. The summed E-state index contributed by atoms with van der Waals surface area (Å²) in [7, 11) is 1.24. The first-order valence-electron chi connectivity index (χ1n) is 9.45. The summed E-state index contributed by atoms with van der Waals surface area (Å²) in [6.07, 6.45) is 0.198. The molecule has 1 aliphatic rings. The minimum absolute atomic E-state index is 0.0435. The largest absolute Gasteiger partial charge is 0.478 e. The minimum Gasteiger partial charge on any atom is -0.478 e. The van der Waals surface area contributed by atoms with E-state index in [1.807, 2.05) is 0 Å². The van der Waals surface area contributed by atoms with Crippen molar-refractivity contribution in [2.75, 3.05) is 0 Å². The SMILES string of the molecule is C[C@H](NC(=O)c1c(C(F)(F)F)nn(C)c1OC1=CC=CC(Cl)C1)c1ccc(C(=O)O)cc1. The molecule has 1 heterocycles. The van der Waals surface area contributed by atoms with Crippen molar-refractivity contribution in [2.24, 2.45) is 7.05 Å². The Hall–Kier alpha value is -3.27. The van der Waals surface area contributed by atoms with Crippen molar-refractivity contribution in [3.8, 4) is 5.88 Å². The molecule has 3 rings (SSSR count). The van der Waals surface area contributed by atoms with Crippen molar-refractivity contribution >= 4 is 23.5 Å². The molecular formula is C21H19ClF3N3O4. The van der Waals surface area contributed by atoms with Crippen molar-refractivity contribution in [1.82, 2.24) is 15.1 Å². The monoisotopic (exact) mass is 469 g/mol. The lowest BCUT2D eigenvalue weighted by Gasteiger charge is -2.18. The molecule has 2 N–H and O–H groups in total. The van der Waals surface area contributed by atoms with Crippen LogP contribution in [0, 0.1) is 0 Å². The van der Waals surface area contributed by atoms with Gasteiger partial charge in [0.2, 0.25) is 5.88 Å². The predicted molar refractivity (Wildman–Crippen MR) is 110 cm³/mol. The number of hydrogen-bond donors (Lipinski definition) is 2. The summed E-state index contributed by atoms with van der Waals surface area (Å²) in [6.45, 7) is 1.56. The van der Waals surface area contributed by atoms with Crippen molar-refractivity contribution in [1.29, 1.82) is 0 Å². The highest BCUT2D eigenvalue weighted by Crippen LogP contribution is 2.37. The van der Waals surface area contributed by atoms with Gasteiger partial charge in [0.05, 0.1) is 17.0 Å². The lowest BCUT2D eigenvalue weighted by molar-refractivity contribution is -0.141. The fourth-order valence-electron chi connectivity index (χ4n) is 3.11. The van der Waals surface area contributed by atoms with E-state index in [0.29, 0.717) is 5.56 Å². The Bertz CT molecular complexity index is 1090. The number of hydrogen-bond acceptors (Lipinski definition) is 4.